The smallest absolute Gasteiger partial charge is 0.220 e. The molecule has 2 nitrogen and oxygen atoms in total. The minimum atomic E-state index is 0.0680. The lowest BCUT2D eigenvalue weighted by molar-refractivity contribution is -0.122. The summed E-state index contributed by atoms with van der Waals surface area (Å²) in [4.78, 5) is 12.2. The lowest BCUT2D eigenvalue weighted by Crippen LogP contribution is -2.27. The number of carbonyl (C=O) groups is 1. The van der Waals surface area contributed by atoms with Gasteiger partial charge in [-0.25, -0.2) is 0 Å². The highest BCUT2D eigenvalue weighted by atomic mass is 16.1. The van der Waals surface area contributed by atoms with Crippen molar-refractivity contribution in [3.8, 4) is 0 Å². The Balaban J connectivity index is 1.54. The fourth-order valence-corrected chi connectivity index (χ4v) is 3.69. The average Bonchev–Trinajstić information content (AvgIpc) is 2.60. The molecule has 2 heteroatoms. The van der Waals surface area contributed by atoms with Crippen LogP contribution in [0.25, 0.3) is 10.8 Å². The van der Waals surface area contributed by atoms with Crippen LogP contribution in [0.4, 0.5) is 0 Å². The van der Waals surface area contributed by atoms with E-state index < -0.39 is 0 Å². The third-order valence-electron chi connectivity index (χ3n) is 5.16. The minimum Gasteiger partial charge on any atom is -0.350 e. The molecule has 1 atom stereocenters. The molecule has 0 radical (unpaired) electrons. The van der Waals surface area contributed by atoms with Crippen molar-refractivity contribution in [1.82, 2.24) is 5.32 Å². The van der Waals surface area contributed by atoms with Gasteiger partial charge in [0.2, 0.25) is 5.91 Å². The zero-order chi connectivity index (χ0) is 16.1. The van der Waals surface area contributed by atoms with Crippen molar-refractivity contribution in [3.05, 3.63) is 48.0 Å². The molecule has 1 unspecified atom stereocenters. The number of benzene rings is 2. The standard InChI is InChI=1S/C21H27NO/c1-16(19-13-12-18-9-5-6-10-20(18)15-19)22-21(23)14-11-17-7-3-2-4-8-17/h5-6,9-10,12-13,15-17H,2-4,7-8,11,14H2,1H3,(H,22,23). The van der Waals surface area contributed by atoms with E-state index in [4.69, 9.17) is 0 Å². The van der Waals surface area contributed by atoms with Gasteiger partial charge in [-0.1, -0.05) is 68.5 Å². The van der Waals surface area contributed by atoms with Crippen LogP contribution >= 0.6 is 0 Å². The second kappa shape index (κ2) is 7.63. The Morgan fingerprint density at radius 1 is 1.09 bits per heavy atom. The van der Waals surface area contributed by atoms with Crippen LogP contribution in [0.1, 0.15) is 63.5 Å². The highest BCUT2D eigenvalue weighted by Crippen LogP contribution is 2.27. The molecule has 0 aliphatic heterocycles. The van der Waals surface area contributed by atoms with Crippen LogP contribution in [-0.4, -0.2) is 5.91 Å². The van der Waals surface area contributed by atoms with E-state index in [1.54, 1.807) is 0 Å². The maximum Gasteiger partial charge on any atom is 0.220 e. The van der Waals surface area contributed by atoms with E-state index in [1.165, 1.54) is 48.4 Å². The van der Waals surface area contributed by atoms with E-state index in [9.17, 15) is 4.79 Å². The van der Waals surface area contributed by atoms with Crippen molar-refractivity contribution in [3.63, 3.8) is 0 Å². The van der Waals surface area contributed by atoms with Crippen LogP contribution in [0.5, 0.6) is 0 Å². The van der Waals surface area contributed by atoms with E-state index in [1.807, 2.05) is 0 Å². The summed E-state index contributed by atoms with van der Waals surface area (Å²) in [6.45, 7) is 2.07. The fourth-order valence-electron chi connectivity index (χ4n) is 3.69. The van der Waals surface area contributed by atoms with E-state index in [-0.39, 0.29) is 11.9 Å². The molecule has 122 valence electrons. The zero-order valence-electron chi connectivity index (χ0n) is 14.1. The predicted molar refractivity (Wildman–Crippen MR) is 96.3 cm³/mol. The molecule has 2 aromatic carbocycles. The van der Waals surface area contributed by atoms with Gasteiger partial charge < -0.3 is 5.32 Å². The van der Waals surface area contributed by atoms with Gasteiger partial charge in [0.15, 0.2) is 0 Å². The first-order chi connectivity index (χ1) is 11.2. The monoisotopic (exact) mass is 309 g/mol. The Bertz CT molecular complexity index is 658. The minimum absolute atomic E-state index is 0.0680. The molecular weight excluding hydrogens is 282 g/mol. The maximum absolute atomic E-state index is 12.2. The summed E-state index contributed by atoms with van der Waals surface area (Å²) in [7, 11) is 0. The van der Waals surface area contributed by atoms with Gasteiger partial charge in [-0.05, 0) is 41.7 Å². The van der Waals surface area contributed by atoms with Crippen molar-refractivity contribution in [2.45, 2.75) is 57.9 Å². The maximum atomic E-state index is 12.2. The molecule has 1 aliphatic carbocycles. The summed E-state index contributed by atoms with van der Waals surface area (Å²) < 4.78 is 0. The van der Waals surface area contributed by atoms with Gasteiger partial charge in [0, 0.05) is 6.42 Å². The number of rotatable bonds is 5. The van der Waals surface area contributed by atoms with Crippen LogP contribution in [0.3, 0.4) is 0 Å². The molecule has 1 aliphatic rings. The molecule has 3 rings (SSSR count). The van der Waals surface area contributed by atoms with Crippen LogP contribution in [0.2, 0.25) is 0 Å². The molecule has 0 aromatic heterocycles. The Hall–Kier alpha value is -1.83. The summed E-state index contributed by atoms with van der Waals surface area (Å²) in [6.07, 6.45) is 8.42. The second-order valence-corrected chi connectivity index (χ2v) is 6.94. The lowest BCUT2D eigenvalue weighted by atomic mass is 9.86. The highest BCUT2D eigenvalue weighted by Gasteiger charge is 2.16. The molecule has 1 N–H and O–H groups in total. The van der Waals surface area contributed by atoms with Crippen molar-refractivity contribution in [2.24, 2.45) is 5.92 Å². The fraction of sp³-hybridized carbons (Fsp3) is 0.476. The molecular formula is C21H27NO. The number of carbonyl (C=O) groups excluding carboxylic acids is 1. The normalized spacial score (nSPS) is 17.1. The van der Waals surface area contributed by atoms with Crippen molar-refractivity contribution < 1.29 is 4.79 Å². The van der Waals surface area contributed by atoms with Crippen molar-refractivity contribution in [2.75, 3.05) is 0 Å². The summed E-state index contributed by atoms with van der Waals surface area (Å²) in [5.41, 5.74) is 1.18. The van der Waals surface area contributed by atoms with Crippen LogP contribution in [0, 0.1) is 5.92 Å². The van der Waals surface area contributed by atoms with Crippen molar-refractivity contribution in [1.29, 1.82) is 0 Å². The Morgan fingerprint density at radius 3 is 2.61 bits per heavy atom. The van der Waals surface area contributed by atoms with Gasteiger partial charge in [-0.15, -0.1) is 0 Å². The van der Waals surface area contributed by atoms with Gasteiger partial charge in [-0.3, -0.25) is 4.79 Å². The number of amides is 1. The third-order valence-corrected chi connectivity index (χ3v) is 5.16. The second-order valence-electron chi connectivity index (χ2n) is 6.94. The summed E-state index contributed by atoms with van der Waals surface area (Å²) >= 11 is 0. The van der Waals surface area contributed by atoms with Gasteiger partial charge in [0.25, 0.3) is 0 Å². The Labute approximate surface area is 139 Å². The summed E-state index contributed by atoms with van der Waals surface area (Å²) in [6, 6.07) is 14.9. The van der Waals surface area contributed by atoms with Gasteiger partial charge in [0.05, 0.1) is 6.04 Å². The molecule has 23 heavy (non-hydrogen) atoms. The van der Waals surface area contributed by atoms with Gasteiger partial charge >= 0.3 is 0 Å². The van der Waals surface area contributed by atoms with Gasteiger partial charge in [0.1, 0.15) is 0 Å². The number of hydrogen-bond donors (Lipinski definition) is 1. The molecule has 1 saturated carbocycles. The molecule has 0 heterocycles. The van der Waals surface area contributed by atoms with Crippen LogP contribution < -0.4 is 5.32 Å². The Kier molecular flexibility index (Phi) is 5.32. The lowest BCUT2D eigenvalue weighted by Gasteiger charge is -2.21. The van der Waals surface area contributed by atoms with Crippen molar-refractivity contribution >= 4 is 16.7 Å². The average molecular weight is 309 g/mol. The zero-order valence-corrected chi connectivity index (χ0v) is 14.1. The first kappa shape index (κ1) is 16.0. The van der Waals surface area contributed by atoms with E-state index in [0.29, 0.717) is 6.42 Å². The first-order valence-electron chi connectivity index (χ1n) is 9.00. The van der Waals surface area contributed by atoms with Crippen LogP contribution in [0.15, 0.2) is 42.5 Å². The molecule has 1 amide bonds. The third kappa shape index (κ3) is 4.34. The Morgan fingerprint density at radius 2 is 1.83 bits per heavy atom. The topological polar surface area (TPSA) is 29.1 Å². The quantitative estimate of drug-likeness (QED) is 0.789. The summed E-state index contributed by atoms with van der Waals surface area (Å²) in [5, 5.41) is 5.63. The number of nitrogens with one attached hydrogen (secondary N) is 1. The molecule has 0 saturated heterocycles. The summed E-state index contributed by atoms with van der Waals surface area (Å²) in [5.74, 6) is 0.960. The van der Waals surface area contributed by atoms with E-state index >= 15 is 0 Å². The molecule has 0 bridgehead atoms. The highest BCUT2D eigenvalue weighted by molar-refractivity contribution is 5.83. The SMILES string of the molecule is CC(NC(=O)CCC1CCCCC1)c1ccc2ccccc2c1. The van der Waals surface area contributed by atoms with E-state index in [2.05, 4.69) is 54.7 Å². The van der Waals surface area contributed by atoms with Gasteiger partial charge in [-0.2, -0.15) is 0 Å². The predicted octanol–water partition coefficient (Wildman–Crippen LogP) is 5.38. The molecule has 0 spiro atoms. The molecule has 2 aromatic rings. The number of fused-ring (bicyclic) bond motifs is 1. The molecule has 1 fully saturated rings. The number of hydrogen-bond acceptors (Lipinski definition) is 1. The first-order valence-corrected chi connectivity index (χ1v) is 9.00. The largest absolute Gasteiger partial charge is 0.350 e. The van der Waals surface area contributed by atoms with Crippen LogP contribution in [-0.2, 0) is 4.79 Å². The van der Waals surface area contributed by atoms with E-state index in [0.717, 1.165) is 12.3 Å².